The summed E-state index contributed by atoms with van der Waals surface area (Å²) in [6, 6.07) is 4.27. The summed E-state index contributed by atoms with van der Waals surface area (Å²) in [5.41, 5.74) is 1.94. The van der Waals surface area contributed by atoms with Gasteiger partial charge in [-0.1, -0.05) is 26.0 Å². The Labute approximate surface area is 171 Å². The summed E-state index contributed by atoms with van der Waals surface area (Å²) >= 11 is 0. The second-order valence-electron chi connectivity index (χ2n) is 8.81. The summed E-state index contributed by atoms with van der Waals surface area (Å²) in [4.78, 5) is 18.3. The highest BCUT2D eigenvalue weighted by molar-refractivity contribution is 5.81. The van der Waals surface area contributed by atoms with Crippen LogP contribution in [0.5, 0.6) is 0 Å². The molecule has 0 saturated carbocycles. The van der Waals surface area contributed by atoms with Crippen molar-refractivity contribution in [2.45, 2.75) is 51.7 Å². The third-order valence-electron chi connectivity index (χ3n) is 5.81. The fourth-order valence-electron chi connectivity index (χ4n) is 4.28. The van der Waals surface area contributed by atoms with Gasteiger partial charge in [0, 0.05) is 12.0 Å². The number of hydrogen-bond acceptors (Lipinski definition) is 5. The van der Waals surface area contributed by atoms with E-state index in [1.807, 2.05) is 6.92 Å². The van der Waals surface area contributed by atoms with E-state index in [-0.39, 0.29) is 23.1 Å². The molecule has 0 radical (unpaired) electrons. The van der Waals surface area contributed by atoms with Crippen LogP contribution in [0.1, 0.15) is 45.9 Å². The second kappa shape index (κ2) is 6.46. The Morgan fingerprint density at radius 3 is 2.73 bits per heavy atom. The smallest absolute Gasteiger partial charge is 0.279 e. The van der Waals surface area contributed by atoms with Gasteiger partial charge in [-0.05, 0) is 31.5 Å². The van der Waals surface area contributed by atoms with Crippen LogP contribution in [0.3, 0.4) is 0 Å². The minimum atomic E-state index is -0.395. The van der Waals surface area contributed by atoms with E-state index in [4.69, 9.17) is 4.74 Å². The van der Waals surface area contributed by atoms with Crippen LogP contribution in [0.4, 0.5) is 4.39 Å². The zero-order valence-electron chi connectivity index (χ0n) is 17.3. The maximum Gasteiger partial charge on any atom is 0.279 e. The summed E-state index contributed by atoms with van der Waals surface area (Å²) in [6.07, 6.45) is 3.80. The highest BCUT2D eigenvalue weighted by Crippen LogP contribution is 2.30. The highest BCUT2D eigenvalue weighted by Gasteiger charge is 2.31. The van der Waals surface area contributed by atoms with E-state index in [0.29, 0.717) is 35.4 Å². The van der Waals surface area contributed by atoms with E-state index in [9.17, 15) is 9.18 Å². The molecule has 1 fully saturated rings. The van der Waals surface area contributed by atoms with Gasteiger partial charge in [0.1, 0.15) is 12.1 Å². The summed E-state index contributed by atoms with van der Waals surface area (Å²) in [5.74, 6) is 0.0159. The Kier molecular flexibility index (Phi) is 4.08. The summed E-state index contributed by atoms with van der Waals surface area (Å²) < 4.78 is 24.8. The first-order valence-corrected chi connectivity index (χ1v) is 10.0. The van der Waals surface area contributed by atoms with Gasteiger partial charge in [-0.15, -0.1) is 5.10 Å². The number of imidazole rings is 1. The lowest BCUT2D eigenvalue weighted by Crippen LogP contribution is -2.31. The summed E-state index contributed by atoms with van der Waals surface area (Å²) in [6.45, 7) is 8.65. The van der Waals surface area contributed by atoms with E-state index >= 15 is 0 Å². The van der Waals surface area contributed by atoms with Crippen LogP contribution in [0.15, 0.2) is 35.5 Å². The largest absolute Gasteiger partial charge is 0.376 e. The van der Waals surface area contributed by atoms with Gasteiger partial charge in [-0.2, -0.15) is 4.68 Å². The molecule has 2 unspecified atom stereocenters. The van der Waals surface area contributed by atoms with Gasteiger partial charge in [-0.3, -0.25) is 13.8 Å². The van der Waals surface area contributed by atoms with E-state index in [1.54, 1.807) is 32.2 Å². The van der Waals surface area contributed by atoms with Crippen LogP contribution in [0.2, 0.25) is 0 Å². The number of hydrogen-bond donors (Lipinski definition) is 0. The van der Waals surface area contributed by atoms with Crippen molar-refractivity contribution < 1.29 is 9.13 Å². The van der Waals surface area contributed by atoms with Crippen molar-refractivity contribution in [1.82, 2.24) is 28.9 Å². The van der Waals surface area contributed by atoms with Crippen molar-refractivity contribution in [3.8, 4) is 5.82 Å². The minimum absolute atomic E-state index is 0.153. The maximum atomic E-state index is 14.2. The third kappa shape index (κ3) is 2.68. The average molecular weight is 410 g/mol. The molecule has 0 bridgehead atoms. The molecule has 8 nitrogen and oxygen atoms in total. The Bertz CT molecular complexity index is 1330. The monoisotopic (exact) mass is 410 g/mol. The lowest BCUT2D eigenvalue weighted by atomic mass is 9.93. The molecule has 0 amide bonds. The van der Waals surface area contributed by atoms with Crippen molar-refractivity contribution >= 4 is 16.6 Å². The first-order chi connectivity index (χ1) is 14.3. The van der Waals surface area contributed by atoms with Crippen molar-refractivity contribution in [1.29, 1.82) is 0 Å². The molecule has 5 rings (SSSR count). The Balaban J connectivity index is 1.89. The number of aromatic nitrogens is 6. The van der Waals surface area contributed by atoms with E-state index in [0.717, 1.165) is 5.69 Å². The van der Waals surface area contributed by atoms with E-state index in [2.05, 4.69) is 36.1 Å². The highest BCUT2D eigenvalue weighted by atomic mass is 19.1. The number of benzene rings is 1. The third-order valence-corrected chi connectivity index (χ3v) is 5.81. The SMILES string of the molecule is CC1OCCC1n1c(=O)c2c(-n3nncc3C(C)(C)C)ncn2c2ccc(F)cc21. The van der Waals surface area contributed by atoms with Gasteiger partial charge in [0.15, 0.2) is 11.3 Å². The van der Waals surface area contributed by atoms with Crippen molar-refractivity contribution in [3.63, 3.8) is 0 Å². The normalized spacial score (nSPS) is 19.9. The molecule has 1 aromatic carbocycles. The van der Waals surface area contributed by atoms with Gasteiger partial charge in [-0.25, -0.2) is 9.37 Å². The molecule has 0 spiro atoms. The van der Waals surface area contributed by atoms with Gasteiger partial charge >= 0.3 is 0 Å². The lowest BCUT2D eigenvalue weighted by Gasteiger charge is -2.21. The molecule has 2 atom stereocenters. The van der Waals surface area contributed by atoms with Gasteiger partial charge in [0.2, 0.25) is 0 Å². The molecule has 4 aromatic rings. The number of halogens is 1. The Hall–Kier alpha value is -3.07. The van der Waals surface area contributed by atoms with Crippen LogP contribution in [-0.4, -0.2) is 41.7 Å². The van der Waals surface area contributed by atoms with Crippen molar-refractivity contribution in [3.05, 3.63) is 52.6 Å². The number of rotatable bonds is 2. The quantitative estimate of drug-likeness (QED) is 0.508. The number of nitrogens with zero attached hydrogens (tertiary/aromatic N) is 6. The van der Waals surface area contributed by atoms with Crippen LogP contribution in [-0.2, 0) is 10.2 Å². The zero-order chi connectivity index (χ0) is 21.2. The first kappa shape index (κ1) is 18.9. The van der Waals surface area contributed by atoms with Crippen LogP contribution < -0.4 is 5.56 Å². The first-order valence-electron chi connectivity index (χ1n) is 10.0. The maximum absolute atomic E-state index is 14.2. The zero-order valence-corrected chi connectivity index (χ0v) is 17.3. The predicted molar refractivity (Wildman–Crippen MR) is 110 cm³/mol. The summed E-state index contributed by atoms with van der Waals surface area (Å²) in [7, 11) is 0. The molecule has 1 aliphatic rings. The van der Waals surface area contributed by atoms with Crippen LogP contribution in [0, 0.1) is 5.82 Å². The molecule has 0 aliphatic carbocycles. The van der Waals surface area contributed by atoms with E-state index < -0.39 is 5.82 Å². The average Bonchev–Trinajstić information content (AvgIpc) is 3.40. The molecule has 1 aliphatic heterocycles. The molecule has 3 aromatic heterocycles. The standard InChI is InChI=1S/C21H23FN6O2/c1-12-14(7-8-30-12)27-16-9-13(22)5-6-15(16)26-11-23-19(18(26)20(27)29)28-17(10-24-25-28)21(2,3)4/h5-6,9-12,14H,7-8H2,1-4H3. The van der Waals surface area contributed by atoms with Crippen molar-refractivity contribution in [2.24, 2.45) is 0 Å². The molecule has 30 heavy (non-hydrogen) atoms. The topological polar surface area (TPSA) is 79.2 Å². The molecule has 4 heterocycles. The molecular weight excluding hydrogens is 387 g/mol. The van der Waals surface area contributed by atoms with Gasteiger partial charge in [0.25, 0.3) is 5.56 Å². The number of fused-ring (bicyclic) bond motifs is 3. The van der Waals surface area contributed by atoms with Gasteiger partial charge < -0.3 is 4.74 Å². The number of ether oxygens (including phenoxy) is 1. The molecule has 9 heteroatoms. The van der Waals surface area contributed by atoms with Crippen molar-refractivity contribution in [2.75, 3.05) is 6.61 Å². The Morgan fingerprint density at radius 1 is 1.23 bits per heavy atom. The molecular formula is C21H23FN6O2. The van der Waals surface area contributed by atoms with Crippen LogP contribution in [0.25, 0.3) is 22.4 Å². The molecule has 1 saturated heterocycles. The second-order valence-corrected chi connectivity index (χ2v) is 8.81. The fourth-order valence-corrected chi connectivity index (χ4v) is 4.28. The predicted octanol–water partition coefficient (Wildman–Crippen LogP) is 3.02. The van der Waals surface area contributed by atoms with Gasteiger partial charge in [0.05, 0.1) is 35.1 Å². The molecule has 156 valence electrons. The minimum Gasteiger partial charge on any atom is -0.376 e. The van der Waals surface area contributed by atoms with E-state index in [1.165, 1.54) is 12.1 Å². The molecule has 0 N–H and O–H groups in total. The fraction of sp³-hybridized carbons (Fsp3) is 0.429. The summed E-state index contributed by atoms with van der Waals surface area (Å²) in [5, 5.41) is 8.26. The lowest BCUT2D eigenvalue weighted by molar-refractivity contribution is 0.108. The van der Waals surface area contributed by atoms with Crippen LogP contribution >= 0.6 is 0 Å². The Morgan fingerprint density at radius 2 is 2.03 bits per heavy atom.